The maximum absolute atomic E-state index is 12.8. The average molecular weight is 313 g/mol. The van der Waals surface area contributed by atoms with E-state index in [0.717, 1.165) is 19.4 Å². The molecule has 1 unspecified atom stereocenters. The van der Waals surface area contributed by atoms with Crippen molar-refractivity contribution in [3.63, 3.8) is 0 Å². The van der Waals surface area contributed by atoms with Gasteiger partial charge in [0, 0.05) is 12.1 Å². The monoisotopic (exact) mass is 313 g/mol. The highest BCUT2D eigenvalue weighted by atomic mass is 16.5. The van der Waals surface area contributed by atoms with Crippen LogP contribution in [-0.4, -0.2) is 27.5 Å². The van der Waals surface area contributed by atoms with E-state index in [1.807, 2.05) is 29.2 Å². The Balaban J connectivity index is 1.82. The summed E-state index contributed by atoms with van der Waals surface area (Å²) >= 11 is 0. The smallest absolute Gasteiger partial charge is 0.254 e. The highest BCUT2D eigenvalue weighted by Gasteiger charge is 2.34. The number of rotatable bonds is 2. The number of hydrogen-bond donors (Lipinski definition) is 0. The molecule has 0 radical (unpaired) electrons. The third-order valence-electron chi connectivity index (χ3n) is 4.34. The summed E-state index contributed by atoms with van der Waals surface area (Å²) in [4.78, 5) is 19.0. The maximum atomic E-state index is 12.8. The third-order valence-corrected chi connectivity index (χ3v) is 4.34. The van der Waals surface area contributed by atoms with Crippen LogP contribution in [0.25, 0.3) is 0 Å². The summed E-state index contributed by atoms with van der Waals surface area (Å²) in [6, 6.07) is 7.80. The number of benzene rings is 1. The van der Waals surface area contributed by atoms with E-state index in [-0.39, 0.29) is 17.4 Å². The van der Waals surface area contributed by atoms with Crippen LogP contribution in [0.4, 0.5) is 0 Å². The van der Waals surface area contributed by atoms with E-state index in [4.69, 9.17) is 4.52 Å². The molecular weight excluding hydrogens is 290 g/mol. The second kappa shape index (κ2) is 5.80. The first-order chi connectivity index (χ1) is 10.9. The SMILES string of the molecule is Cc1noc(C2CCCN2C(=O)c2ccc(C(C)(C)C)cc2)n1. The van der Waals surface area contributed by atoms with Crippen molar-refractivity contribution in [3.8, 4) is 0 Å². The Morgan fingerprint density at radius 3 is 2.52 bits per heavy atom. The molecule has 2 heterocycles. The van der Waals surface area contributed by atoms with Gasteiger partial charge in [-0.25, -0.2) is 0 Å². The molecule has 1 fully saturated rings. The van der Waals surface area contributed by atoms with E-state index < -0.39 is 0 Å². The Bertz CT molecular complexity index is 698. The van der Waals surface area contributed by atoms with Gasteiger partial charge in [-0.3, -0.25) is 4.79 Å². The molecule has 1 aromatic heterocycles. The maximum Gasteiger partial charge on any atom is 0.254 e. The van der Waals surface area contributed by atoms with Gasteiger partial charge in [-0.15, -0.1) is 0 Å². The molecule has 0 aliphatic carbocycles. The molecule has 5 nitrogen and oxygen atoms in total. The van der Waals surface area contributed by atoms with Crippen LogP contribution in [0.3, 0.4) is 0 Å². The van der Waals surface area contributed by atoms with Gasteiger partial charge in [0.2, 0.25) is 5.89 Å². The molecule has 0 bridgehead atoms. The van der Waals surface area contributed by atoms with Gasteiger partial charge in [-0.2, -0.15) is 4.98 Å². The minimum absolute atomic E-state index is 0.0313. The molecule has 1 aromatic carbocycles. The average Bonchev–Trinajstić information content (AvgIpc) is 3.14. The topological polar surface area (TPSA) is 59.2 Å². The van der Waals surface area contributed by atoms with Gasteiger partial charge >= 0.3 is 0 Å². The Morgan fingerprint density at radius 2 is 1.96 bits per heavy atom. The Morgan fingerprint density at radius 1 is 1.26 bits per heavy atom. The second-order valence-electron chi connectivity index (χ2n) is 7.16. The number of hydrogen-bond acceptors (Lipinski definition) is 4. The Hall–Kier alpha value is -2.17. The summed E-state index contributed by atoms with van der Waals surface area (Å²) in [6.07, 6.45) is 1.82. The predicted molar refractivity (Wildman–Crippen MR) is 87.2 cm³/mol. The number of aromatic nitrogens is 2. The lowest BCUT2D eigenvalue weighted by molar-refractivity contribution is 0.0710. The molecular formula is C18H23N3O2. The minimum Gasteiger partial charge on any atom is -0.337 e. The predicted octanol–water partition coefficient (Wildman–Crippen LogP) is 3.65. The number of amides is 1. The lowest BCUT2D eigenvalue weighted by atomic mass is 9.86. The zero-order valence-corrected chi connectivity index (χ0v) is 14.2. The largest absolute Gasteiger partial charge is 0.337 e. The van der Waals surface area contributed by atoms with Gasteiger partial charge in [0.1, 0.15) is 6.04 Å². The van der Waals surface area contributed by atoms with Gasteiger partial charge < -0.3 is 9.42 Å². The fourth-order valence-corrected chi connectivity index (χ4v) is 2.99. The van der Waals surface area contributed by atoms with Gasteiger partial charge in [0.25, 0.3) is 5.91 Å². The lowest BCUT2D eigenvalue weighted by Gasteiger charge is -2.23. The normalized spacial score (nSPS) is 18.4. The summed E-state index contributed by atoms with van der Waals surface area (Å²) in [5, 5.41) is 3.84. The van der Waals surface area contributed by atoms with Crippen molar-refractivity contribution in [2.45, 2.75) is 52.0 Å². The van der Waals surface area contributed by atoms with Gasteiger partial charge in [0.05, 0.1) is 0 Å². The fourth-order valence-electron chi connectivity index (χ4n) is 2.99. The molecule has 0 N–H and O–H groups in total. The van der Waals surface area contributed by atoms with Crippen molar-refractivity contribution < 1.29 is 9.32 Å². The number of nitrogens with zero attached hydrogens (tertiary/aromatic N) is 3. The number of likely N-dealkylation sites (tertiary alicyclic amines) is 1. The molecule has 0 saturated carbocycles. The first-order valence-electron chi connectivity index (χ1n) is 8.08. The fraction of sp³-hybridized carbons (Fsp3) is 0.500. The van der Waals surface area contributed by atoms with E-state index in [1.54, 1.807) is 6.92 Å². The number of carbonyl (C=O) groups is 1. The van der Waals surface area contributed by atoms with Crippen molar-refractivity contribution in [2.75, 3.05) is 6.54 Å². The van der Waals surface area contributed by atoms with Crippen LogP contribution in [0.5, 0.6) is 0 Å². The van der Waals surface area contributed by atoms with E-state index in [1.165, 1.54) is 5.56 Å². The Kier molecular flexibility index (Phi) is 3.96. The van der Waals surface area contributed by atoms with Crippen molar-refractivity contribution in [3.05, 3.63) is 47.1 Å². The number of carbonyl (C=O) groups excluding carboxylic acids is 1. The standard InChI is InChI=1S/C18H23N3O2/c1-12-19-16(23-20-12)15-6-5-11-21(15)17(22)13-7-9-14(10-8-13)18(2,3)4/h7-10,15H,5-6,11H2,1-4H3. The highest BCUT2D eigenvalue weighted by Crippen LogP contribution is 2.32. The summed E-state index contributed by atoms with van der Waals surface area (Å²) in [5.41, 5.74) is 2.01. The summed E-state index contributed by atoms with van der Waals surface area (Å²) in [5.74, 6) is 1.18. The van der Waals surface area contributed by atoms with Crippen molar-refractivity contribution in [1.82, 2.24) is 15.0 Å². The van der Waals surface area contributed by atoms with Crippen LogP contribution in [0.15, 0.2) is 28.8 Å². The minimum atomic E-state index is -0.106. The van der Waals surface area contributed by atoms with Crippen molar-refractivity contribution in [2.24, 2.45) is 0 Å². The molecule has 0 spiro atoms. The van der Waals surface area contributed by atoms with Crippen LogP contribution in [0, 0.1) is 6.92 Å². The van der Waals surface area contributed by atoms with Crippen molar-refractivity contribution >= 4 is 5.91 Å². The van der Waals surface area contributed by atoms with Crippen molar-refractivity contribution in [1.29, 1.82) is 0 Å². The molecule has 1 aliphatic heterocycles. The molecule has 23 heavy (non-hydrogen) atoms. The molecule has 1 aliphatic rings. The lowest BCUT2D eigenvalue weighted by Crippen LogP contribution is -2.30. The van der Waals surface area contributed by atoms with Gasteiger partial charge in [-0.1, -0.05) is 38.1 Å². The molecule has 5 heteroatoms. The van der Waals surface area contributed by atoms with E-state index in [9.17, 15) is 4.79 Å². The Labute approximate surface area is 136 Å². The van der Waals surface area contributed by atoms with E-state index in [2.05, 4.69) is 30.9 Å². The van der Waals surface area contributed by atoms with Crippen LogP contribution in [-0.2, 0) is 5.41 Å². The van der Waals surface area contributed by atoms with Crippen LogP contribution in [0.1, 0.15) is 67.3 Å². The molecule has 2 aromatic rings. The summed E-state index contributed by atoms with van der Waals surface area (Å²) in [7, 11) is 0. The highest BCUT2D eigenvalue weighted by molar-refractivity contribution is 5.94. The second-order valence-corrected chi connectivity index (χ2v) is 7.16. The first kappa shape index (κ1) is 15.7. The third kappa shape index (κ3) is 3.14. The first-order valence-corrected chi connectivity index (χ1v) is 8.08. The molecule has 122 valence electrons. The number of aryl methyl sites for hydroxylation is 1. The van der Waals surface area contributed by atoms with Gasteiger partial charge in [0.15, 0.2) is 5.82 Å². The van der Waals surface area contributed by atoms with Gasteiger partial charge in [-0.05, 0) is 42.9 Å². The molecule has 1 amide bonds. The van der Waals surface area contributed by atoms with Crippen LogP contribution >= 0.6 is 0 Å². The van der Waals surface area contributed by atoms with Crippen LogP contribution in [0.2, 0.25) is 0 Å². The van der Waals surface area contributed by atoms with E-state index in [0.29, 0.717) is 17.3 Å². The zero-order chi connectivity index (χ0) is 16.6. The van der Waals surface area contributed by atoms with E-state index >= 15 is 0 Å². The quantitative estimate of drug-likeness (QED) is 0.849. The zero-order valence-electron chi connectivity index (χ0n) is 14.2. The molecule has 1 atom stereocenters. The summed E-state index contributed by atoms with van der Waals surface area (Å²) in [6.45, 7) is 9.01. The van der Waals surface area contributed by atoms with Crippen LogP contribution < -0.4 is 0 Å². The molecule has 1 saturated heterocycles. The summed E-state index contributed by atoms with van der Waals surface area (Å²) < 4.78 is 5.27. The molecule has 3 rings (SSSR count).